The Morgan fingerprint density at radius 2 is 1.97 bits per heavy atom. The van der Waals surface area contributed by atoms with Crippen molar-refractivity contribution >= 4 is 18.3 Å². The Morgan fingerprint density at radius 3 is 2.59 bits per heavy atom. The van der Waals surface area contributed by atoms with Crippen LogP contribution in [0.4, 0.5) is 0 Å². The Morgan fingerprint density at radius 1 is 1.21 bits per heavy atom. The molecule has 0 saturated carbocycles. The smallest absolute Gasteiger partial charge is 0.223 e. The van der Waals surface area contributed by atoms with Gasteiger partial charge in [-0.05, 0) is 18.1 Å². The summed E-state index contributed by atoms with van der Waals surface area (Å²) >= 11 is 0. The average molecular weight is 425 g/mol. The molecular weight excluding hydrogens is 396 g/mol. The van der Waals surface area contributed by atoms with Gasteiger partial charge in [0.05, 0.1) is 21.3 Å². The van der Waals surface area contributed by atoms with Crippen molar-refractivity contribution in [2.24, 2.45) is 7.05 Å². The first-order valence-corrected chi connectivity index (χ1v) is 9.36. The third-order valence-electron chi connectivity index (χ3n) is 5.11. The van der Waals surface area contributed by atoms with E-state index >= 15 is 0 Å². The maximum atomic E-state index is 13.0. The minimum absolute atomic E-state index is 0. The molecule has 0 aliphatic carbocycles. The number of imidazole rings is 1. The summed E-state index contributed by atoms with van der Waals surface area (Å²) in [6, 6.07) is 3.69. The fraction of sp³-hybridized carbons (Fsp3) is 0.500. The van der Waals surface area contributed by atoms with Crippen LogP contribution in [-0.4, -0.2) is 61.3 Å². The summed E-state index contributed by atoms with van der Waals surface area (Å²) in [5.41, 5.74) is 0.914. The van der Waals surface area contributed by atoms with Gasteiger partial charge in [-0.2, -0.15) is 0 Å². The standard InChI is InChI=1S/C20H28N4O4.ClH/c1-23-11-10-22-20(23)15-13-21-9-12-24(15)17(25)8-6-14-5-7-16(26-2)19(28-4)18(14)27-3;/h5,7,10-11,15,21H,6,8-9,12-13H2,1-4H3;1H. The van der Waals surface area contributed by atoms with E-state index in [1.807, 2.05) is 34.8 Å². The van der Waals surface area contributed by atoms with Crippen LogP contribution in [0.15, 0.2) is 24.5 Å². The summed E-state index contributed by atoms with van der Waals surface area (Å²) < 4.78 is 18.3. The number of benzene rings is 1. The monoisotopic (exact) mass is 424 g/mol. The van der Waals surface area contributed by atoms with Crippen LogP contribution in [-0.2, 0) is 18.3 Å². The largest absolute Gasteiger partial charge is 0.493 e. The number of hydrogen-bond donors (Lipinski definition) is 1. The van der Waals surface area contributed by atoms with Gasteiger partial charge in [0.2, 0.25) is 11.7 Å². The molecule has 1 N–H and O–H groups in total. The van der Waals surface area contributed by atoms with Crippen LogP contribution in [0, 0.1) is 0 Å². The molecule has 1 saturated heterocycles. The average Bonchev–Trinajstić information content (AvgIpc) is 3.16. The number of ether oxygens (including phenoxy) is 3. The Kier molecular flexibility index (Phi) is 8.16. The molecule has 0 bridgehead atoms. The molecule has 0 spiro atoms. The topological polar surface area (TPSA) is 77.9 Å². The van der Waals surface area contributed by atoms with Gasteiger partial charge in [-0.3, -0.25) is 4.79 Å². The predicted molar refractivity (Wildman–Crippen MR) is 112 cm³/mol. The Hall–Kier alpha value is -2.45. The SMILES string of the molecule is COc1ccc(CCC(=O)N2CCNCC2c2nccn2C)c(OC)c1OC.Cl. The predicted octanol–water partition coefficient (Wildman–Crippen LogP) is 1.97. The molecule has 1 aliphatic heterocycles. The Bertz CT molecular complexity index is 827. The molecule has 0 radical (unpaired) electrons. The van der Waals surface area contributed by atoms with Crippen LogP contribution in [0.25, 0.3) is 0 Å². The second-order valence-electron chi connectivity index (χ2n) is 6.70. The number of aryl methyl sites for hydroxylation is 2. The summed E-state index contributed by atoms with van der Waals surface area (Å²) in [6.45, 7) is 2.15. The lowest BCUT2D eigenvalue weighted by Crippen LogP contribution is -2.49. The van der Waals surface area contributed by atoms with E-state index in [1.54, 1.807) is 27.5 Å². The highest BCUT2D eigenvalue weighted by molar-refractivity contribution is 5.85. The van der Waals surface area contributed by atoms with Gasteiger partial charge in [-0.25, -0.2) is 4.98 Å². The maximum Gasteiger partial charge on any atom is 0.223 e. The number of amides is 1. The number of carbonyl (C=O) groups excluding carboxylic acids is 1. The van der Waals surface area contributed by atoms with E-state index in [9.17, 15) is 4.79 Å². The van der Waals surface area contributed by atoms with Crippen molar-refractivity contribution in [1.29, 1.82) is 0 Å². The first-order valence-electron chi connectivity index (χ1n) is 9.36. The van der Waals surface area contributed by atoms with Crippen LogP contribution >= 0.6 is 12.4 Å². The second kappa shape index (κ2) is 10.4. The molecule has 8 nitrogen and oxygen atoms in total. The molecular formula is C20H29ClN4O4. The number of methoxy groups -OCH3 is 3. The summed E-state index contributed by atoms with van der Waals surface area (Å²) in [7, 11) is 6.71. The highest BCUT2D eigenvalue weighted by Gasteiger charge is 2.30. The molecule has 3 rings (SSSR count). The highest BCUT2D eigenvalue weighted by atomic mass is 35.5. The molecule has 29 heavy (non-hydrogen) atoms. The van der Waals surface area contributed by atoms with Gasteiger partial charge in [-0.1, -0.05) is 6.07 Å². The third-order valence-corrected chi connectivity index (χ3v) is 5.11. The maximum absolute atomic E-state index is 13.0. The van der Waals surface area contributed by atoms with Crippen LogP contribution < -0.4 is 19.5 Å². The van der Waals surface area contributed by atoms with Crippen LogP contribution in [0.3, 0.4) is 0 Å². The third kappa shape index (κ3) is 4.76. The molecule has 1 atom stereocenters. The van der Waals surface area contributed by atoms with Gasteiger partial charge < -0.3 is 29.0 Å². The summed E-state index contributed by atoms with van der Waals surface area (Å²) in [5.74, 6) is 2.75. The summed E-state index contributed by atoms with van der Waals surface area (Å²) in [4.78, 5) is 19.4. The lowest BCUT2D eigenvalue weighted by atomic mass is 10.1. The number of nitrogens with one attached hydrogen (secondary N) is 1. The van der Waals surface area contributed by atoms with Crippen molar-refractivity contribution < 1.29 is 19.0 Å². The van der Waals surface area contributed by atoms with Crippen LogP contribution in [0.5, 0.6) is 17.2 Å². The number of aromatic nitrogens is 2. The molecule has 1 fully saturated rings. The Labute approximate surface area is 177 Å². The van der Waals surface area contributed by atoms with Crippen molar-refractivity contribution in [3.63, 3.8) is 0 Å². The van der Waals surface area contributed by atoms with Gasteiger partial charge in [0.15, 0.2) is 11.5 Å². The van der Waals surface area contributed by atoms with Gasteiger partial charge in [0.1, 0.15) is 11.9 Å². The number of carbonyl (C=O) groups is 1. The number of halogens is 1. The highest BCUT2D eigenvalue weighted by Crippen LogP contribution is 2.40. The van der Waals surface area contributed by atoms with E-state index < -0.39 is 0 Å². The summed E-state index contributed by atoms with van der Waals surface area (Å²) in [5, 5.41) is 3.36. The first kappa shape index (κ1) is 22.8. The van der Waals surface area contributed by atoms with Crippen molar-refractivity contribution in [3.8, 4) is 17.2 Å². The zero-order valence-electron chi connectivity index (χ0n) is 17.3. The minimum atomic E-state index is -0.0615. The van der Waals surface area contributed by atoms with Gasteiger partial charge in [-0.15, -0.1) is 12.4 Å². The van der Waals surface area contributed by atoms with E-state index in [1.165, 1.54) is 0 Å². The van der Waals surface area contributed by atoms with Gasteiger partial charge >= 0.3 is 0 Å². The molecule has 9 heteroatoms. The molecule has 1 aromatic carbocycles. The van der Waals surface area contributed by atoms with Crippen molar-refractivity contribution in [3.05, 3.63) is 35.9 Å². The van der Waals surface area contributed by atoms with E-state index in [4.69, 9.17) is 14.2 Å². The number of nitrogens with zero attached hydrogens (tertiary/aromatic N) is 3. The van der Waals surface area contributed by atoms with E-state index in [0.717, 1.165) is 17.9 Å². The zero-order valence-corrected chi connectivity index (χ0v) is 18.1. The lowest BCUT2D eigenvalue weighted by Gasteiger charge is -2.36. The quantitative estimate of drug-likeness (QED) is 0.732. The minimum Gasteiger partial charge on any atom is -0.493 e. The zero-order chi connectivity index (χ0) is 20.1. The van der Waals surface area contributed by atoms with Crippen molar-refractivity contribution in [2.75, 3.05) is 41.0 Å². The fourth-order valence-electron chi connectivity index (χ4n) is 3.68. The summed E-state index contributed by atoms with van der Waals surface area (Å²) in [6.07, 6.45) is 4.61. The fourth-order valence-corrected chi connectivity index (χ4v) is 3.68. The molecule has 1 amide bonds. The second-order valence-corrected chi connectivity index (χ2v) is 6.70. The molecule has 160 valence electrons. The molecule has 1 aromatic heterocycles. The number of rotatable bonds is 7. The van der Waals surface area contributed by atoms with Crippen molar-refractivity contribution in [1.82, 2.24) is 19.8 Å². The lowest BCUT2D eigenvalue weighted by molar-refractivity contribution is -0.134. The molecule has 2 aromatic rings. The molecule has 1 unspecified atom stereocenters. The Balaban J connectivity index is 0.00000300. The molecule has 2 heterocycles. The van der Waals surface area contributed by atoms with Gasteiger partial charge in [0, 0.05) is 45.5 Å². The van der Waals surface area contributed by atoms with E-state index in [-0.39, 0.29) is 24.4 Å². The van der Waals surface area contributed by atoms with Crippen molar-refractivity contribution in [2.45, 2.75) is 18.9 Å². The first-order chi connectivity index (χ1) is 13.6. The van der Waals surface area contributed by atoms with Crippen LogP contribution in [0.2, 0.25) is 0 Å². The number of hydrogen-bond acceptors (Lipinski definition) is 6. The molecule has 1 aliphatic rings. The van der Waals surface area contributed by atoms with Crippen LogP contribution in [0.1, 0.15) is 23.9 Å². The normalized spacial score (nSPS) is 16.1. The van der Waals surface area contributed by atoms with E-state index in [0.29, 0.717) is 43.2 Å². The van der Waals surface area contributed by atoms with Gasteiger partial charge in [0.25, 0.3) is 0 Å². The van der Waals surface area contributed by atoms with E-state index in [2.05, 4.69) is 10.3 Å². The number of piperazine rings is 1.